The molecular weight excluding hydrogens is 224 g/mol. The molecule has 1 fully saturated rings. The van der Waals surface area contributed by atoms with Gasteiger partial charge in [0.25, 0.3) is 0 Å². The third kappa shape index (κ3) is 2.29. The van der Waals surface area contributed by atoms with Gasteiger partial charge in [-0.2, -0.15) is 0 Å². The Hall–Kier alpha value is -1.23. The number of hydrogen-bond acceptors (Lipinski definition) is 5. The second-order valence-electron chi connectivity index (χ2n) is 4.55. The second-order valence-corrected chi connectivity index (χ2v) is 5.60. The Morgan fingerprint density at radius 3 is 2.94 bits per heavy atom. The highest BCUT2D eigenvalue weighted by molar-refractivity contribution is 7.18. The summed E-state index contributed by atoms with van der Waals surface area (Å²) in [5, 5.41) is 4.25. The van der Waals surface area contributed by atoms with Crippen LogP contribution >= 0.6 is 11.3 Å². The largest absolute Gasteiger partial charge is 0.465 e. The number of nitrogens with two attached hydrogens (primary N) is 1. The van der Waals surface area contributed by atoms with E-state index in [4.69, 9.17) is 5.73 Å². The molecule has 1 aromatic heterocycles. The molecule has 0 atom stereocenters. The van der Waals surface area contributed by atoms with Crippen LogP contribution in [0.4, 0.5) is 10.7 Å². The second kappa shape index (κ2) is 3.97. The van der Waals surface area contributed by atoms with Gasteiger partial charge in [-0.05, 0) is 24.3 Å². The predicted molar refractivity (Wildman–Crippen MR) is 65.9 cm³/mol. The molecule has 0 spiro atoms. The molecule has 5 heteroatoms. The Bertz CT molecular complexity index is 410. The zero-order valence-corrected chi connectivity index (χ0v) is 10.3. The van der Waals surface area contributed by atoms with E-state index in [1.54, 1.807) is 6.07 Å². The van der Waals surface area contributed by atoms with Crippen LogP contribution in [0.2, 0.25) is 0 Å². The number of ether oxygens (including phenoxy) is 1. The van der Waals surface area contributed by atoms with E-state index in [9.17, 15) is 4.79 Å². The summed E-state index contributed by atoms with van der Waals surface area (Å²) in [7, 11) is 1.36. The molecule has 1 aromatic rings. The molecule has 0 aliphatic heterocycles. The molecule has 88 valence electrons. The quantitative estimate of drug-likeness (QED) is 0.793. The van der Waals surface area contributed by atoms with Crippen LogP contribution in [-0.4, -0.2) is 19.6 Å². The van der Waals surface area contributed by atoms with Crippen molar-refractivity contribution in [1.82, 2.24) is 0 Å². The summed E-state index contributed by atoms with van der Waals surface area (Å²) in [6.45, 7) is 3.19. The maximum atomic E-state index is 11.3. The molecule has 0 saturated heterocycles. The number of methoxy groups -OCH3 is 1. The number of hydrogen-bond donors (Lipinski definition) is 2. The lowest BCUT2D eigenvalue weighted by molar-refractivity contribution is 0.0607. The zero-order valence-electron chi connectivity index (χ0n) is 9.50. The SMILES string of the molecule is COC(=O)c1sc(NCC2(C)CC2)cc1N. The number of carbonyl (C=O) groups excluding carboxylic acids is 1. The predicted octanol–water partition coefficient (Wildman–Crippen LogP) is 2.33. The number of thiophene rings is 1. The zero-order chi connectivity index (χ0) is 11.8. The number of nitrogen functional groups attached to an aromatic ring is 1. The Balaban J connectivity index is 2.02. The average Bonchev–Trinajstić information content (AvgIpc) is 2.87. The number of esters is 1. The van der Waals surface area contributed by atoms with Crippen molar-refractivity contribution in [3.8, 4) is 0 Å². The number of anilines is 2. The molecule has 0 aromatic carbocycles. The molecule has 0 bridgehead atoms. The molecule has 2 rings (SSSR count). The first-order valence-electron chi connectivity index (χ1n) is 5.25. The Morgan fingerprint density at radius 2 is 2.38 bits per heavy atom. The minimum Gasteiger partial charge on any atom is -0.465 e. The fourth-order valence-corrected chi connectivity index (χ4v) is 2.33. The highest BCUT2D eigenvalue weighted by atomic mass is 32.1. The summed E-state index contributed by atoms with van der Waals surface area (Å²) in [6, 6.07) is 1.79. The van der Waals surface area contributed by atoms with Gasteiger partial charge in [-0.25, -0.2) is 4.79 Å². The van der Waals surface area contributed by atoms with Gasteiger partial charge in [0.2, 0.25) is 0 Å². The Labute approximate surface area is 98.8 Å². The topological polar surface area (TPSA) is 64.3 Å². The van der Waals surface area contributed by atoms with Crippen LogP contribution in [0.5, 0.6) is 0 Å². The van der Waals surface area contributed by atoms with Crippen LogP contribution in [0, 0.1) is 5.41 Å². The molecule has 1 saturated carbocycles. The van der Waals surface area contributed by atoms with Crippen molar-refractivity contribution >= 4 is 28.0 Å². The maximum Gasteiger partial charge on any atom is 0.350 e. The molecule has 0 unspecified atom stereocenters. The first kappa shape index (κ1) is 11.3. The summed E-state index contributed by atoms with van der Waals surface area (Å²) in [6.07, 6.45) is 2.54. The third-order valence-corrected chi connectivity index (χ3v) is 4.01. The fraction of sp³-hybridized carbons (Fsp3) is 0.545. The highest BCUT2D eigenvalue weighted by Gasteiger charge is 2.36. The van der Waals surface area contributed by atoms with Crippen molar-refractivity contribution in [2.24, 2.45) is 5.41 Å². The maximum absolute atomic E-state index is 11.3. The van der Waals surface area contributed by atoms with Gasteiger partial charge in [0.15, 0.2) is 0 Å². The highest BCUT2D eigenvalue weighted by Crippen LogP contribution is 2.45. The molecule has 3 N–H and O–H groups in total. The Kier molecular flexibility index (Phi) is 2.80. The number of carbonyl (C=O) groups is 1. The number of rotatable bonds is 4. The van der Waals surface area contributed by atoms with E-state index in [1.807, 2.05) is 0 Å². The summed E-state index contributed by atoms with van der Waals surface area (Å²) < 4.78 is 4.65. The normalized spacial score (nSPS) is 16.9. The van der Waals surface area contributed by atoms with E-state index in [0.29, 0.717) is 16.0 Å². The summed E-state index contributed by atoms with van der Waals surface area (Å²) in [4.78, 5) is 11.8. The van der Waals surface area contributed by atoms with Crippen molar-refractivity contribution in [2.45, 2.75) is 19.8 Å². The molecule has 1 aliphatic carbocycles. The van der Waals surface area contributed by atoms with Crippen LogP contribution in [-0.2, 0) is 4.74 Å². The van der Waals surface area contributed by atoms with Crippen molar-refractivity contribution < 1.29 is 9.53 Å². The van der Waals surface area contributed by atoms with Gasteiger partial charge in [0.05, 0.1) is 17.8 Å². The van der Waals surface area contributed by atoms with E-state index >= 15 is 0 Å². The fourth-order valence-electron chi connectivity index (χ4n) is 1.44. The first-order valence-corrected chi connectivity index (χ1v) is 6.07. The summed E-state index contributed by atoms with van der Waals surface area (Å²) in [5.74, 6) is -0.367. The van der Waals surface area contributed by atoms with Gasteiger partial charge < -0.3 is 15.8 Å². The van der Waals surface area contributed by atoms with E-state index in [0.717, 1.165) is 11.5 Å². The van der Waals surface area contributed by atoms with Gasteiger partial charge >= 0.3 is 5.97 Å². The molecule has 4 nitrogen and oxygen atoms in total. The van der Waals surface area contributed by atoms with Gasteiger partial charge in [0, 0.05) is 6.54 Å². The smallest absolute Gasteiger partial charge is 0.350 e. The van der Waals surface area contributed by atoms with Gasteiger partial charge in [-0.1, -0.05) is 6.92 Å². The summed E-state index contributed by atoms with van der Waals surface area (Å²) in [5.41, 5.74) is 6.66. The van der Waals surface area contributed by atoms with Gasteiger partial charge in [0.1, 0.15) is 4.88 Å². The molecule has 0 amide bonds. The standard InChI is InChI=1S/C11H16N2O2S/c1-11(3-4-11)6-13-8-5-7(12)9(16-8)10(14)15-2/h5,13H,3-4,6,12H2,1-2H3. The van der Waals surface area contributed by atoms with Crippen LogP contribution < -0.4 is 11.1 Å². The van der Waals surface area contributed by atoms with Gasteiger partial charge in [-0.3, -0.25) is 0 Å². The van der Waals surface area contributed by atoms with E-state index in [2.05, 4.69) is 17.0 Å². The molecule has 1 heterocycles. The molecule has 1 aliphatic rings. The summed E-state index contributed by atoms with van der Waals surface area (Å²) >= 11 is 1.35. The van der Waals surface area contributed by atoms with Gasteiger partial charge in [-0.15, -0.1) is 11.3 Å². The van der Waals surface area contributed by atoms with Crippen LogP contribution in [0.25, 0.3) is 0 Å². The third-order valence-electron chi connectivity index (χ3n) is 2.92. The van der Waals surface area contributed by atoms with Crippen molar-refractivity contribution in [1.29, 1.82) is 0 Å². The minimum atomic E-state index is -0.367. The minimum absolute atomic E-state index is 0.367. The van der Waals surface area contributed by atoms with Crippen molar-refractivity contribution in [3.05, 3.63) is 10.9 Å². The Morgan fingerprint density at radius 1 is 1.69 bits per heavy atom. The van der Waals surface area contributed by atoms with Crippen LogP contribution in [0.15, 0.2) is 6.07 Å². The van der Waals surface area contributed by atoms with Crippen LogP contribution in [0.3, 0.4) is 0 Å². The van der Waals surface area contributed by atoms with E-state index < -0.39 is 0 Å². The van der Waals surface area contributed by atoms with Crippen LogP contribution in [0.1, 0.15) is 29.4 Å². The lowest BCUT2D eigenvalue weighted by Crippen LogP contribution is -2.10. The monoisotopic (exact) mass is 240 g/mol. The lowest BCUT2D eigenvalue weighted by Gasteiger charge is -2.08. The molecule has 0 radical (unpaired) electrons. The molecular formula is C11H16N2O2S. The number of nitrogens with one attached hydrogen (secondary N) is 1. The first-order chi connectivity index (χ1) is 7.54. The average molecular weight is 240 g/mol. The van der Waals surface area contributed by atoms with E-state index in [1.165, 1.54) is 31.3 Å². The lowest BCUT2D eigenvalue weighted by atomic mass is 10.1. The van der Waals surface area contributed by atoms with Crippen molar-refractivity contribution in [2.75, 3.05) is 24.7 Å². The van der Waals surface area contributed by atoms with E-state index in [-0.39, 0.29) is 5.97 Å². The molecule has 16 heavy (non-hydrogen) atoms. The van der Waals surface area contributed by atoms with Crippen molar-refractivity contribution in [3.63, 3.8) is 0 Å².